The summed E-state index contributed by atoms with van der Waals surface area (Å²) in [4.78, 5) is 16.7. The third kappa shape index (κ3) is 4.74. The molecule has 0 aromatic carbocycles. The van der Waals surface area contributed by atoms with Gasteiger partial charge in [0, 0.05) is 18.5 Å². The predicted molar refractivity (Wildman–Crippen MR) is 94.1 cm³/mol. The first-order chi connectivity index (χ1) is 11.3. The maximum atomic E-state index is 12.4. The molecule has 1 amide bonds. The van der Waals surface area contributed by atoms with Crippen molar-refractivity contribution in [1.29, 1.82) is 0 Å². The van der Waals surface area contributed by atoms with Crippen LogP contribution in [0.4, 0.5) is 0 Å². The fourth-order valence-corrected chi connectivity index (χ4v) is 4.08. The van der Waals surface area contributed by atoms with Gasteiger partial charge in [0.2, 0.25) is 5.88 Å². The molecule has 0 bridgehead atoms. The molecule has 1 saturated heterocycles. The van der Waals surface area contributed by atoms with Gasteiger partial charge in [-0.25, -0.2) is 4.98 Å². The zero-order chi connectivity index (χ0) is 15.9. The maximum absolute atomic E-state index is 12.4. The SMILES string of the molecule is O=C(NCCC1=CCCCC1)c1cccnc1O[C@H]1CCSC1. The molecule has 3 rings (SSSR count). The van der Waals surface area contributed by atoms with E-state index in [0.717, 1.165) is 24.3 Å². The minimum absolute atomic E-state index is 0.0878. The number of nitrogens with zero attached hydrogens (tertiary/aromatic N) is 1. The van der Waals surface area contributed by atoms with Gasteiger partial charge in [-0.15, -0.1) is 0 Å². The second kappa shape index (κ2) is 8.39. The number of rotatable bonds is 6. The van der Waals surface area contributed by atoms with Crippen LogP contribution in [0, 0.1) is 0 Å². The van der Waals surface area contributed by atoms with Crippen molar-refractivity contribution in [2.75, 3.05) is 18.1 Å². The first-order valence-corrected chi connectivity index (χ1v) is 9.64. The molecule has 0 unspecified atom stereocenters. The fourth-order valence-electron chi connectivity index (χ4n) is 2.98. The molecule has 5 heteroatoms. The van der Waals surface area contributed by atoms with Crippen molar-refractivity contribution in [2.45, 2.75) is 44.6 Å². The first kappa shape index (κ1) is 16.4. The average Bonchev–Trinajstić information content (AvgIpc) is 3.09. The van der Waals surface area contributed by atoms with Crippen molar-refractivity contribution < 1.29 is 9.53 Å². The number of hydrogen-bond acceptors (Lipinski definition) is 4. The van der Waals surface area contributed by atoms with Gasteiger partial charge in [-0.05, 0) is 56.4 Å². The van der Waals surface area contributed by atoms with Crippen LogP contribution in [0.15, 0.2) is 30.0 Å². The Morgan fingerprint density at radius 3 is 3.17 bits per heavy atom. The van der Waals surface area contributed by atoms with Gasteiger partial charge in [0.05, 0.1) is 0 Å². The van der Waals surface area contributed by atoms with Gasteiger partial charge in [0.1, 0.15) is 11.7 Å². The summed E-state index contributed by atoms with van der Waals surface area (Å²) in [5.74, 6) is 2.48. The molecule has 1 fully saturated rings. The number of carbonyl (C=O) groups is 1. The van der Waals surface area contributed by atoms with Crippen LogP contribution >= 0.6 is 11.8 Å². The van der Waals surface area contributed by atoms with Gasteiger partial charge in [-0.3, -0.25) is 4.79 Å². The number of thioether (sulfide) groups is 1. The average molecular weight is 332 g/mol. The molecule has 2 heterocycles. The standard InChI is InChI=1S/C18H24N2O2S/c21-17(19-11-8-14-5-2-1-3-6-14)16-7-4-10-20-18(16)22-15-9-12-23-13-15/h4-5,7,10,15H,1-3,6,8-9,11-13H2,(H,19,21)/t15-/m0/s1. The van der Waals surface area contributed by atoms with Crippen molar-refractivity contribution >= 4 is 17.7 Å². The third-order valence-electron chi connectivity index (χ3n) is 4.30. The van der Waals surface area contributed by atoms with E-state index in [4.69, 9.17) is 4.74 Å². The van der Waals surface area contributed by atoms with E-state index < -0.39 is 0 Å². The zero-order valence-electron chi connectivity index (χ0n) is 13.4. The number of amides is 1. The second-order valence-electron chi connectivity index (χ2n) is 6.07. The van der Waals surface area contributed by atoms with Gasteiger partial charge in [-0.1, -0.05) is 11.6 Å². The molecule has 0 spiro atoms. The van der Waals surface area contributed by atoms with Crippen molar-refractivity contribution in [1.82, 2.24) is 10.3 Å². The Kier molecular flexibility index (Phi) is 5.97. The van der Waals surface area contributed by atoms with E-state index in [1.807, 2.05) is 11.8 Å². The molecule has 1 aliphatic carbocycles. The lowest BCUT2D eigenvalue weighted by Crippen LogP contribution is -2.27. The van der Waals surface area contributed by atoms with E-state index in [9.17, 15) is 4.79 Å². The Hall–Kier alpha value is -1.49. The van der Waals surface area contributed by atoms with Crippen LogP contribution in [0.3, 0.4) is 0 Å². The Labute approximate surface area is 142 Å². The molecule has 23 heavy (non-hydrogen) atoms. The summed E-state index contributed by atoms with van der Waals surface area (Å²) in [5, 5.41) is 3.01. The predicted octanol–water partition coefficient (Wildman–Crippen LogP) is 3.59. The smallest absolute Gasteiger partial charge is 0.256 e. The normalized spacial score (nSPS) is 20.9. The molecule has 1 aliphatic heterocycles. The molecular weight excluding hydrogens is 308 g/mol. The number of aromatic nitrogens is 1. The number of ether oxygens (including phenoxy) is 1. The third-order valence-corrected chi connectivity index (χ3v) is 5.43. The highest BCUT2D eigenvalue weighted by Gasteiger charge is 2.21. The van der Waals surface area contributed by atoms with Crippen LogP contribution in [0.2, 0.25) is 0 Å². The number of pyridine rings is 1. The number of hydrogen-bond donors (Lipinski definition) is 1. The van der Waals surface area contributed by atoms with Gasteiger partial charge < -0.3 is 10.1 Å². The van der Waals surface area contributed by atoms with Crippen LogP contribution in [-0.2, 0) is 0 Å². The van der Waals surface area contributed by atoms with Crippen molar-refractivity contribution in [3.8, 4) is 5.88 Å². The second-order valence-corrected chi connectivity index (χ2v) is 7.22. The lowest BCUT2D eigenvalue weighted by atomic mass is 9.97. The summed E-state index contributed by atoms with van der Waals surface area (Å²) < 4.78 is 5.92. The number of allylic oxidation sites excluding steroid dienone is 1. The summed E-state index contributed by atoms with van der Waals surface area (Å²) in [6.07, 6.45) is 11.1. The van der Waals surface area contributed by atoms with Crippen LogP contribution < -0.4 is 10.1 Å². The largest absolute Gasteiger partial charge is 0.473 e. The summed E-state index contributed by atoms with van der Waals surface area (Å²) in [6.45, 7) is 0.679. The Morgan fingerprint density at radius 2 is 2.39 bits per heavy atom. The van der Waals surface area contributed by atoms with Gasteiger partial charge in [0.25, 0.3) is 5.91 Å². The molecule has 1 N–H and O–H groups in total. The van der Waals surface area contributed by atoms with E-state index in [1.54, 1.807) is 18.3 Å². The highest BCUT2D eigenvalue weighted by molar-refractivity contribution is 7.99. The molecule has 2 aliphatic rings. The first-order valence-electron chi connectivity index (χ1n) is 8.48. The molecular formula is C18H24N2O2S. The summed E-state index contributed by atoms with van der Waals surface area (Å²) in [5.41, 5.74) is 2.02. The molecule has 0 radical (unpaired) electrons. The van der Waals surface area contributed by atoms with Crippen LogP contribution in [-0.4, -0.2) is 35.0 Å². The monoisotopic (exact) mass is 332 g/mol. The minimum atomic E-state index is -0.0878. The van der Waals surface area contributed by atoms with Gasteiger partial charge in [-0.2, -0.15) is 11.8 Å². The molecule has 1 atom stereocenters. The molecule has 4 nitrogen and oxygen atoms in total. The van der Waals surface area contributed by atoms with E-state index in [-0.39, 0.29) is 12.0 Å². The Morgan fingerprint density at radius 1 is 1.43 bits per heavy atom. The molecule has 1 aromatic rings. The quantitative estimate of drug-likeness (QED) is 0.809. The van der Waals surface area contributed by atoms with Gasteiger partial charge >= 0.3 is 0 Å². The highest BCUT2D eigenvalue weighted by atomic mass is 32.2. The zero-order valence-corrected chi connectivity index (χ0v) is 14.2. The molecule has 0 saturated carbocycles. The lowest BCUT2D eigenvalue weighted by Gasteiger charge is -2.15. The van der Waals surface area contributed by atoms with Crippen LogP contribution in [0.1, 0.15) is 48.9 Å². The summed E-state index contributed by atoms with van der Waals surface area (Å²) in [6, 6.07) is 3.58. The van der Waals surface area contributed by atoms with Crippen LogP contribution in [0.25, 0.3) is 0 Å². The molecule has 124 valence electrons. The van der Waals surface area contributed by atoms with E-state index in [0.29, 0.717) is 18.0 Å². The summed E-state index contributed by atoms with van der Waals surface area (Å²) >= 11 is 1.89. The van der Waals surface area contributed by atoms with Crippen molar-refractivity contribution in [3.05, 3.63) is 35.5 Å². The van der Waals surface area contributed by atoms with Crippen molar-refractivity contribution in [3.63, 3.8) is 0 Å². The molecule has 1 aromatic heterocycles. The highest BCUT2D eigenvalue weighted by Crippen LogP contribution is 2.24. The fraction of sp³-hybridized carbons (Fsp3) is 0.556. The van der Waals surface area contributed by atoms with E-state index in [2.05, 4.69) is 16.4 Å². The number of nitrogens with one attached hydrogen (secondary N) is 1. The Bertz CT molecular complexity index is 568. The maximum Gasteiger partial charge on any atom is 0.256 e. The lowest BCUT2D eigenvalue weighted by molar-refractivity contribution is 0.0946. The Balaban J connectivity index is 1.54. The van der Waals surface area contributed by atoms with Crippen molar-refractivity contribution in [2.24, 2.45) is 0 Å². The van der Waals surface area contributed by atoms with E-state index in [1.165, 1.54) is 31.3 Å². The van der Waals surface area contributed by atoms with Crippen LogP contribution in [0.5, 0.6) is 5.88 Å². The minimum Gasteiger partial charge on any atom is -0.473 e. The van der Waals surface area contributed by atoms with E-state index >= 15 is 0 Å². The topological polar surface area (TPSA) is 51.2 Å². The number of carbonyl (C=O) groups excluding carboxylic acids is 1. The summed E-state index contributed by atoms with van der Waals surface area (Å²) in [7, 11) is 0. The van der Waals surface area contributed by atoms with Gasteiger partial charge in [0.15, 0.2) is 0 Å².